The van der Waals surface area contributed by atoms with Crippen molar-refractivity contribution in [1.82, 2.24) is 14.6 Å². The zero-order valence-electron chi connectivity index (χ0n) is 10.4. The van der Waals surface area contributed by atoms with Crippen molar-refractivity contribution in [2.45, 2.75) is 6.36 Å². The molecule has 0 aliphatic heterocycles. The molecule has 1 aromatic carbocycles. The highest BCUT2D eigenvalue weighted by Crippen LogP contribution is 2.26. The van der Waals surface area contributed by atoms with E-state index in [1.165, 1.54) is 24.3 Å². The molecular formula is C13H8F3N3OS. The van der Waals surface area contributed by atoms with Gasteiger partial charge in [0.1, 0.15) is 5.75 Å². The smallest absolute Gasteiger partial charge is 0.406 e. The summed E-state index contributed by atoms with van der Waals surface area (Å²) >= 11 is 5.14. The Kier molecular flexibility index (Phi) is 3.17. The second-order valence-electron chi connectivity index (χ2n) is 4.22. The Morgan fingerprint density at radius 3 is 2.52 bits per heavy atom. The molecule has 8 heteroatoms. The van der Waals surface area contributed by atoms with Gasteiger partial charge in [0.2, 0.25) is 4.77 Å². The molecule has 0 radical (unpaired) electrons. The van der Waals surface area contributed by atoms with Gasteiger partial charge in [-0.1, -0.05) is 0 Å². The third-order valence-electron chi connectivity index (χ3n) is 2.79. The van der Waals surface area contributed by atoms with Crippen LogP contribution in [-0.4, -0.2) is 21.0 Å². The highest BCUT2D eigenvalue weighted by atomic mass is 32.1. The number of H-pyrrole nitrogens is 1. The van der Waals surface area contributed by atoms with Gasteiger partial charge < -0.3 is 4.74 Å². The van der Waals surface area contributed by atoms with E-state index in [0.29, 0.717) is 16.0 Å². The van der Waals surface area contributed by atoms with Crippen molar-refractivity contribution in [2.75, 3.05) is 0 Å². The number of hydrogen-bond donors (Lipinski definition) is 1. The molecule has 2 heterocycles. The zero-order chi connectivity index (χ0) is 15.0. The van der Waals surface area contributed by atoms with E-state index in [1.54, 1.807) is 16.8 Å². The van der Waals surface area contributed by atoms with Crippen LogP contribution in [0.25, 0.3) is 16.8 Å². The molecule has 0 bridgehead atoms. The summed E-state index contributed by atoms with van der Waals surface area (Å²) in [4.78, 5) is 4.23. The number of nitrogens with zero attached hydrogens (tertiary/aromatic N) is 2. The largest absolute Gasteiger partial charge is 0.573 e. The van der Waals surface area contributed by atoms with Crippen molar-refractivity contribution in [3.63, 3.8) is 0 Å². The summed E-state index contributed by atoms with van der Waals surface area (Å²) in [5.41, 5.74) is 2.05. The number of alkyl halides is 3. The van der Waals surface area contributed by atoms with Gasteiger partial charge in [0.05, 0.1) is 11.2 Å². The maximum absolute atomic E-state index is 12.1. The van der Waals surface area contributed by atoms with Crippen LogP contribution in [0.4, 0.5) is 13.2 Å². The third kappa shape index (κ3) is 2.89. The number of aromatic amines is 1. The number of ether oxygens (including phenoxy) is 1. The van der Waals surface area contributed by atoms with Crippen LogP contribution < -0.4 is 4.74 Å². The Morgan fingerprint density at radius 2 is 1.86 bits per heavy atom. The van der Waals surface area contributed by atoms with Gasteiger partial charge >= 0.3 is 6.36 Å². The predicted octanol–water partition coefficient (Wildman–Crippen LogP) is 3.96. The monoisotopic (exact) mass is 311 g/mol. The summed E-state index contributed by atoms with van der Waals surface area (Å²) in [7, 11) is 0. The molecule has 3 rings (SSSR count). The fourth-order valence-corrected chi connectivity index (χ4v) is 2.18. The molecule has 0 atom stereocenters. The number of halogens is 3. The fraction of sp³-hybridized carbons (Fsp3) is 0.0769. The number of rotatable bonds is 2. The molecule has 2 aromatic heterocycles. The van der Waals surface area contributed by atoms with Crippen LogP contribution in [0, 0.1) is 4.77 Å². The van der Waals surface area contributed by atoms with Crippen molar-refractivity contribution >= 4 is 17.7 Å². The van der Waals surface area contributed by atoms with Crippen LogP contribution in [0.2, 0.25) is 0 Å². The lowest BCUT2D eigenvalue weighted by atomic mass is 10.1. The van der Waals surface area contributed by atoms with Gasteiger partial charge in [-0.15, -0.1) is 13.2 Å². The summed E-state index contributed by atoms with van der Waals surface area (Å²) < 4.78 is 42.1. The van der Waals surface area contributed by atoms with Crippen molar-refractivity contribution in [3.05, 3.63) is 47.4 Å². The first-order valence-corrected chi connectivity index (χ1v) is 6.27. The fourth-order valence-electron chi connectivity index (χ4n) is 1.93. The first-order valence-electron chi connectivity index (χ1n) is 5.86. The van der Waals surface area contributed by atoms with Crippen molar-refractivity contribution < 1.29 is 17.9 Å². The second kappa shape index (κ2) is 4.88. The quantitative estimate of drug-likeness (QED) is 0.729. The molecule has 0 aliphatic carbocycles. The molecule has 0 amide bonds. The van der Waals surface area contributed by atoms with Crippen molar-refractivity contribution in [3.8, 4) is 17.0 Å². The van der Waals surface area contributed by atoms with Crippen LogP contribution in [0.15, 0.2) is 42.6 Å². The van der Waals surface area contributed by atoms with E-state index in [1.807, 2.05) is 6.07 Å². The summed E-state index contributed by atoms with van der Waals surface area (Å²) in [6.45, 7) is 0. The average Bonchev–Trinajstić information content (AvgIpc) is 2.86. The zero-order valence-corrected chi connectivity index (χ0v) is 11.2. The maximum Gasteiger partial charge on any atom is 0.573 e. The van der Waals surface area contributed by atoms with E-state index >= 15 is 0 Å². The summed E-state index contributed by atoms with van der Waals surface area (Å²) in [6.07, 6.45) is -2.98. The van der Waals surface area contributed by atoms with Crippen LogP contribution in [0.5, 0.6) is 5.75 Å². The third-order valence-corrected chi connectivity index (χ3v) is 3.07. The van der Waals surface area contributed by atoms with Gasteiger partial charge in [-0.3, -0.25) is 5.10 Å². The molecule has 1 N–H and O–H groups in total. The van der Waals surface area contributed by atoms with Crippen molar-refractivity contribution in [1.29, 1.82) is 0 Å². The number of benzene rings is 1. The Balaban J connectivity index is 1.97. The van der Waals surface area contributed by atoms with Gasteiger partial charge in [-0.25, -0.2) is 9.50 Å². The summed E-state index contributed by atoms with van der Waals surface area (Å²) in [6, 6.07) is 9.08. The predicted molar refractivity (Wildman–Crippen MR) is 72.5 cm³/mol. The second-order valence-corrected chi connectivity index (χ2v) is 4.58. The van der Waals surface area contributed by atoms with Crippen LogP contribution in [-0.2, 0) is 0 Å². The molecule has 0 unspecified atom stereocenters. The maximum atomic E-state index is 12.1. The van der Waals surface area contributed by atoms with Gasteiger partial charge in [0.15, 0.2) is 0 Å². The molecule has 3 aromatic rings. The minimum absolute atomic E-state index is 0.276. The standard InChI is InChI=1S/C13H8F3N3OS/c14-13(15,16)20-10-3-1-8(2-4-10)11-7-9-5-6-17-19(9)12(21)18-11/h1-7,17H. The lowest BCUT2D eigenvalue weighted by Gasteiger charge is -2.09. The van der Waals surface area contributed by atoms with E-state index < -0.39 is 6.36 Å². The highest BCUT2D eigenvalue weighted by Gasteiger charge is 2.30. The average molecular weight is 311 g/mol. The number of aromatic nitrogens is 3. The molecule has 0 saturated heterocycles. The van der Waals surface area contributed by atoms with E-state index in [-0.39, 0.29) is 5.75 Å². The van der Waals surface area contributed by atoms with E-state index in [9.17, 15) is 13.2 Å². The molecule has 0 aliphatic rings. The minimum atomic E-state index is -4.70. The van der Waals surface area contributed by atoms with Crippen molar-refractivity contribution in [2.24, 2.45) is 0 Å². The Hall–Kier alpha value is -2.35. The Morgan fingerprint density at radius 1 is 1.14 bits per heavy atom. The Bertz CT molecular complexity index is 836. The van der Waals surface area contributed by atoms with Gasteiger partial charge in [0.25, 0.3) is 0 Å². The number of fused-ring (bicyclic) bond motifs is 1. The molecule has 0 fully saturated rings. The SMILES string of the molecule is FC(F)(F)Oc1ccc(-c2cc3cc[nH]n3c(=S)n2)cc1. The molecular weight excluding hydrogens is 303 g/mol. The first-order chi connectivity index (χ1) is 9.92. The molecule has 4 nitrogen and oxygen atoms in total. The van der Waals surface area contributed by atoms with Crippen LogP contribution >= 0.6 is 12.2 Å². The van der Waals surface area contributed by atoms with E-state index in [2.05, 4.69) is 14.8 Å². The molecule has 21 heavy (non-hydrogen) atoms. The minimum Gasteiger partial charge on any atom is -0.406 e. The summed E-state index contributed by atoms with van der Waals surface area (Å²) in [5.74, 6) is -0.276. The normalized spacial score (nSPS) is 11.8. The number of hydrogen-bond acceptors (Lipinski definition) is 3. The highest BCUT2D eigenvalue weighted by molar-refractivity contribution is 7.71. The number of nitrogens with one attached hydrogen (secondary N) is 1. The topological polar surface area (TPSA) is 42.3 Å². The van der Waals surface area contributed by atoms with Crippen LogP contribution in [0.3, 0.4) is 0 Å². The Labute approximate surface area is 121 Å². The van der Waals surface area contributed by atoms with Gasteiger partial charge in [-0.2, -0.15) is 0 Å². The summed E-state index contributed by atoms with van der Waals surface area (Å²) in [5, 5.41) is 2.91. The van der Waals surface area contributed by atoms with E-state index in [0.717, 1.165) is 5.52 Å². The molecule has 0 spiro atoms. The van der Waals surface area contributed by atoms with Gasteiger partial charge in [0, 0.05) is 11.8 Å². The van der Waals surface area contributed by atoms with Crippen LogP contribution in [0.1, 0.15) is 0 Å². The lowest BCUT2D eigenvalue weighted by Crippen LogP contribution is -2.16. The first kappa shape index (κ1) is 13.6. The van der Waals surface area contributed by atoms with Gasteiger partial charge in [-0.05, 0) is 48.6 Å². The molecule has 108 valence electrons. The molecule has 0 saturated carbocycles. The van der Waals surface area contributed by atoms with E-state index in [4.69, 9.17) is 12.2 Å². The lowest BCUT2D eigenvalue weighted by molar-refractivity contribution is -0.274.